The molecule has 1 saturated heterocycles. The summed E-state index contributed by atoms with van der Waals surface area (Å²) in [6, 6.07) is 0. The number of halogens is 1. The molecule has 1 rings (SSSR count). The zero-order valence-corrected chi connectivity index (χ0v) is 10.0. The third-order valence-electron chi connectivity index (χ3n) is 2.57. The fourth-order valence-corrected chi connectivity index (χ4v) is 1.69. The number of alkyl halides is 1. The molecule has 106 valence electrons. The number of carbonyl (C=O) groups excluding carboxylic acids is 1. The molecule has 6 atom stereocenters. The van der Waals surface area contributed by atoms with Gasteiger partial charge in [-0.2, -0.15) is 0 Å². The number of hydrogen-bond acceptors (Lipinski definition) is 7. The molecule has 1 aliphatic rings. The van der Waals surface area contributed by atoms with E-state index in [1.54, 1.807) is 0 Å². The standard InChI is InChI=1S/C10H17FO7/c1-4(12)17-10-8(15)6(13)7(14)9(18-10)5(11)3-16-2/h5-10,13-15H,3H2,1-2H3/t5-,6?,7-,8?,9?,10+/m0/s1. The molecule has 3 unspecified atom stereocenters. The Bertz CT molecular complexity index is 287. The molecular formula is C10H17FO7. The molecule has 1 heterocycles. The van der Waals surface area contributed by atoms with Gasteiger partial charge in [-0.25, -0.2) is 4.39 Å². The van der Waals surface area contributed by atoms with Gasteiger partial charge in [0.2, 0.25) is 6.29 Å². The van der Waals surface area contributed by atoms with Crippen molar-refractivity contribution >= 4 is 5.97 Å². The van der Waals surface area contributed by atoms with Gasteiger partial charge in [-0.3, -0.25) is 4.79 Å². The minimum atomic E-state index is -1.73. The van der Waals surface area contributed by atoms with Crippen LogP contribution in [0.15, 0.2) is 0 Å². The summed E-state index contributed by atoms with van der Waals surface area (Å²) < 4.78 is 27.7. The summed E-state index contributed by atoms with van der Waals surface area (Å²) in [4.78, 5) is 10.8. The average molecular weight is 268 g/mol. The molecule has 0 aromatic rings. The minimum absolute atomic E-state index is 0.364. The first-order chi connectivity index (χ1) is 8.38. The number of carbonyl (C=O) groups is 1. The van der Waals surface area contributed by atoms with Crippen LogP contribution in [0.3, 0.4) is 0 Å². The van der Waals surface area contributed by atoms with Gasteiger partial charge in [-0.1, -0.05) is 0 Å². The third kappa shape index (κ3) is 3.36. The van der Waals surface area contributed by atoms with Crippen LogP contribution in [-0.2, 0) is 19.0 Å². The van der Waals surface area contributed by atoms with Crippen LogP contribution in [-0.4, -0.2) is 71.9 Å². The van der Waals surface area contributed by atoms with Gasteiger partial charge in [0.05, 0.1) is 6.61 Å². The van der Waals surface area contributed by atoms with E-state index in [2.05, 4.69) is 9.47 Å². The Balaban J connectivity index is 2.76. The molecule has 0 amide bonds. The second kappa shape index (κ2) is 6.39. The number of aliphatic hydroxyl groups is 3. The lowest BCUT2D eigenvalue weighted by Gasteiger charge is -2.40. The third-order valence-corrected chi connectivity index (χ3v) is 2.57. The van der Waals surface area contributed by atoms with Gasteiger partial charge in [0.25, 0.3) is 0 Å². The summed E-state index contributed by atoms with van der Waals surface area (Å²) in [6.07, 6.45) is -9.67. The molecule has 0 aliphatic carbocycles. The van der Waals surface area contributed by atoms with E-state index in [0.29, 0.717) is 0 Å². The Morgan fingerprint density at radius 2 is 1.94 bits per heavy atom. The highest BCUT2D eigenvalue weighted by Gasteiger charge is 2.48. The fourth-order valence-electron chi connectivity index (χ4n) is 1.69. The van der Waals surface area contributed by atoms with E-state index in [1.165, 1.54) is 7.11 Å². The van der Waals surface area contributed by atoms with Crippen molar-refractivity contribution in [2.45, 2.75) is 43.8 Å². The van der Waals surface area contributed by atoms with Crippen LogP contribution in [0.4, 0.5) is 4.39 Å². The topological polar surface area (TPSA) is 105 Å². The summed E-state index contributed by atoms with van der Waals surface area (Å²) in [5.41, 5.74) is 0. The van der Waals surface area contributed by atoms with E-state index in [9.17, 15) is 24.5 Å². The molecule has 0 aromatic carbocycles. The Labute approximate surface area is 103 Å². The molecule has 8 heteroatoms. The van der Waals surface area contributed by atoms with Gasteiger partial charge in [0.1, 0.15) is 24.4 Å². The number of aliphatic hydroxyl groups excluding tert-OH is 3. The number of hydrogen-bond donors (Lipinski definition) is 3. The van der Waals surface area contributed by atoms with E-state index in [-0.39, 0.29) is 6.61 Å². The highest BCUT2D eigenvalue weighted by atomic mass is 19.1. The van der Waals surface area contributed by atoms with Crippen LogP contribution in [0, 0.1) is 0 Å². The summed E-state index contributed by atoms with van der Waals surface area (Å²) in [7, 11) is 1.26. The molecule has 0 spiro atoms. The SMILES string of the molecule is COC[C@H](F)C1O[C@@H](OC(C)=O)C(O)C(O)[C@@H]1O. The monoisotopic (exact) mass is 268 g/mol. The average Bonchev–Trinajstić information content (AvgIpc) is 2.29. The van der Waals surface area contributed by atoms with Gasteiger partial charge in [-0.05, 0) is 0 Å². The molecule has 7 nitrogen and oxygen atoms in total. The van der Waals surface area contributed by atoms with Crippen molar-refractivity contribution in [1.29, 1.82) is 0 Å². The first-order valence-electron chi connectivity index (χ1n) is 5.38. The molecule has 3 N–H and O–H groups in total. The van der Waals surface area contributed by atoms with E-state index >= 15 is 0 Å². The van der Waals surface area contributed by atoms with Crippen LogP contribution in [0.1, 0.15) is 6.92 Å². The van der Waals surface area contributed by atoms with Crippen molar-refractivity contribution in [2.24, 2.45) is 0 Å². The Hall–Kier alpha value is -0.800. The summed E-state index contributed by atoms with van der Waals surface area (Å²) in [5.74, 6) is -0.761. The van der Waals surface area contributed by atoms with Crippen molar-refractivity contribution in [2.75, 3.05) is 13.7 Å². The zero-order chi connectivity index (χ0) is 13.9. The molecule has 18 heavy (non-hydrogen) atoms. The normalized spacial score (nSPS) is 38.2. The number of rotatable bonds is 4. The summed E-state index contributed by atoms with van der Waals surface area (Å²) in [5, 5.41) is 28.6. The molecule has 1 fully saturated rings. The van der Waals surface area contributed by atoms with Gasteiger partial charge in [0, 0.05) is 14.0 Å². The van der Waals surface area contributed by atoms with Crippen molar-refractivity contribution in [3.05, 3.63) is 0 Å². The summed E-state index contributed by atoms with van der Waals surface area (Å²) in [6.45, 7) is 0.710. The lowest BCUT2D eigenvalue weighted by molar-refractivity contribution is -0.298. The fraction of sp³-hybridized carbons (Fsp3) is 0.900. The molecule has 0 aromatic heterocycles. The Morgan fingerprint density at radius 1 is 1.33 bits per heavy atom. The lowest BCUT2D eigenvalue weighted by atomic mass is 9.96. The zero-order valence-electron chi connectivity index (χ0n) is 10.0. The van der Waals surface area contributed by atoms with Gasteiger partial charge >= 0.3 is 5.97 Å². The maximum absolute atomic E-state index is 13.6. The van der Waals surface area contributed by atoms with Crippen LogP contribution in [0.5, 0.6) is 0 Å². The molecular weight excluding hydrogens is 251 g/mol. The highest BCUT2D eigenvalue weighted by molar-refractivity contribution is 5.66. The molecule has 0 saturated carbocycles. The lowest BCUT2D eigenvalue weighted by Crippen LogP contribution is -2.61. The van der Waals surface area contributed by atoms with Crippen LogP contribution in [0.2, 0.25) is 0 Å². The quantitative estimate of drug-likeness (QED) is 0.524. The van der Waals surface area contributed by atoms with E-state index in [4.69, 9.17) is 4.74 Å². The maximum atomic E-state index is 13.6. The predicted octanol–water partition coefficient (Wildman–Crippen LogP) is -1.66. The minimum Gasteiger partial charge on any atom is -0.433 e. The Morgan fingerprint density at radius 3 is 2.44 bits per heavy atom. The second-order valence-electron chi connectivity index (χ2n) is 4.02. The first kappa shape index (κ1) is 15.3. The Kier molecular flexibility index (Phi) is 5.42. The van der Waals surface area contributed by atoms with Crippen LogP contribution in [0.25, 0.3) is 0 Å². The van der Waals surface area contributed by atoms with Crippen LogP contribution >= 0.6 is 0 Å². The van der Waals surface area contributed by atoms with Gasteiger partial charge in [-0.15, -0.1) is 0 Å². The number of esters is 1. The number of methoxy groups -OCH3 is 1. The first-order valence-corrected chi connectivity index (χ1v) is 5.38. The highest BCUT2D eigenvalue weighted by Crippen LogP contribution is 2.25. The van der Waals surface area contributed by atoms with Crippen molar-refractivity contribution in [3.63, 3.8) is 0 Å². The second-order valence-corrected chi connectivity index (χ2v) is 4.02. The smallest absolute Gasteiger partial charge is 0.305 e. The molecule has 0 bridgehead atoms. The van der Waals surface area contributed by atoms with Crippen molar-refractivity contribution in [3.8, 4) is 0 Å². The largest absolute Gasteiger partial charge is 0.433 e. The molecule has 1 aliphatic heterocycles. The van der Waals surface area contributed by atoms with Crippen molar-refractivity contribution in [1.82, 2.24) is 0 Å². The van der Waals surface area contributed by atoms with Crippen LogP contribution < -0.4 is 0 Å². The van der Waals surface area contributed by atoms with Gasteiger partial charge in [0.15, 0.2) is 6.17 Å². The van der Waals surface area contributed by atoms with Crippen molar-refractivity contribution < 1.29 is 38.7 Å². The molecule has 0 radical (unpaired) electrons. The predicted molar refractivity (Wildman–Crippen MR) is 55.2 cm³/mol. The van der Waals surface area contributed by atoms with E-state index in [0.717, 1.165) is 6.92 Å². The number of ether oxygens (including phenoxy) is 3. The van der Waals surface area contributed by atoms with E-state index < -0.39 is 42.8 Å². The van der Waals surface area contributed by atoms with E-state index in [1.807, 2.05) is 0 Å². The summed E-state index contributed by atoms with van der Waals surface area (Å²) >= 11 is 0. The van der Waals surface area contributed by atoms with Gasteiger partial charge < -0.3 is 29.5 Å². The maximum Gasteiger partial charge on any atom is 0.305 e.